The summed E-state index contributed by atoms with van der Waals surface area (Å²) in [5, 5.41) is 4.82. The highest BCUT2D eigenvalue weighted by Crippen LogP contribution is 2.38. The molecule has 0 saturated heterocycles. The Morgan fingerprint density at radius 3 is 2.42 bits per heavy atom. The van der Waals surface area contributed by atoms with Crippen LogP contribution in [0.25, 0.3) is 22.5 Å². The minimum atomic E-state index is -0.190. The maximum Gasteiger partial charge on any atom is 0.287 e. The van der Waals surface area contributed by atoms with E-state index in [-0.39, 0.29) is 11.9 Å². The molecule has 3 aromatic rings. The molecule has 5 nitrogen and oxygen atoms in total. The first-order chi connectivity index (χ1) is 16.0. The number of carbonyl (C=O) groups is 1. The third-order valence-electron chi connectivity index (χ3n) is 5.93. The molecular formula is C25H26Cl3N3O2. The number of rotatable bonds is 7. The van der Waals surface area contributed by atoms with Crippen molar-refractivity contribution in [3.8, 4) is 22.5 Å². The molecule has 33 heavy (non-hydrogen) atoms. The standard InChI is InChI=1S/C25H26Cl3N3O2/c1-33-14-13-31-23(16-7-9-17(26)10-8-16)22(20-12-11-18(27)15-21(20)28)30-24(31)25(32)29-19-5-3-2-4-6-19/h7-12,15,19H,2-6,13-14H2,1H3,(H,29,32). The van der Waals surface area contributed by atoms with Crippen LogP contribution in [0.4, 0.5) is 0 Å². The Kier molecular flexibility index (Phi) is 7.97. The molecule has 1 fully saturated rings. The molecule has 1 amide bonds. The zero-order valence-corrected chi connectivity index (χ0v) is 20.7. The Hall–Kier alpha value is -2.05. The van der Waals surface area contributed by atoms with E-state index in [1.54, 1.807) is 19.2 Å². The van der Waals surface area contributed by atoms with E-state index in [0.717, 1.165) is 36.9 Å². The van der Waals surface area contributed by atoms with E-state index >= 15 is 0 Å². The highest BCUT2D eigenvalue weighted by atomic mass is 35.5. The second-order valence-corrected chi connectivity index (χ2v) is 9.50. The number of hydrogen-bond acceptors (Lipinski definition) is 3. The van der Waals surface area contributed by atoms with Gasteiger partial charge in [0.05, 0.1) is 23.0 Å². The molecule has 8 heteroatoms. The highest BCUT2D eigenvalue weighted by Gasteiger charge is 2.27. The summed E-state index contributed by atoms with van der Waals surface area (Å²) >= 11 is 18.9. The van der Waals surface area contributed by atoms with Gasteiger partial charge in [0, 0.05) is 40.9 Å². The molecular weight excluding hydrogens is 481 g/mol. The fourth-order valence-corrected chi connectivity index (χ4v) is 4.92. The average molecular weight is 507 g/mol. The molecule has 1 aliphatic rings. The van der Waals surface area contributed by atoms with E-state index in [1.807, 2.05) is 34.9 Å². The molecule has 1 N–H and O–H groups in total. The largest absolute Gasteiger partial charge is 0.383 e. The fourth-order valence-electron chi connectivity index (χ4n) is 4.29. The fraction of sp³-hybridized carbons (Fsp3) is 0.360. The number of ether oxygens (including phenoxy) is 1. The van der Waals surface area contributed by atoms with E-state index in [9.17, 15) is 4.79 Å². The van der Waals surface area contributed by atoms with Crippen LogP contribution in [0, 0.1) is 0 Å². The number of carbonyl (C=O) groups excluding carboxylic acids is 1. The lowest BCUT2D eigenvalue weighted by Crippen LogP contribution is -2.37. The van der Waals surface area contributed by atoms with Crippen LogP contribution in [-0.4, -0.2) is 35.2 Å². The Balaban J connectivity index is 1.86. The molecule has 0 unspecified atom stereocenters. The average Bonchev–Trinajstić information content (AvgIpc) is 3.18. The summed E-state index contributed by atoms with van der Waals surface area (Å²) < 4.78 is 7.26. The molecule has 4 rings (SSSR count). The van der Waals surface area contributed by atoms with Gasteiger partial charge in [0.1, 0.15) is 0 Å². The normalized spacial score (nSPS) is 14.4. The van der Waals surface area contributed by atoms with Gasteiger partial charge in [-0.15, -0.1) is 0 Å². The number of nitrogens with zero attached hydrogens (tertiary/aromatic N) is 2. The molecule has 1 aromatic heterocycles. The SMILES string of the molecule is COCCn1c(C(=O)NC2CCCCC2)nc(-c2ccc(Cl)cc2Cl)c1-c1ccc(Cl)cc1. The molecule has 0 atom stereocenters. The second kappa shape index (κ2) is 10.9. The van der Waals surface area contributed by atoms with Crippen LogP contribution in [0.3, 0.4) is 0 Å². The number of aromatic nitrogens is 2. The van der Waals surface area contributed by atoms with Crippen molar-refractivity contribution in [1.82, 2.24) is 14.9 Å². The number of nitrogens with one attached hydrogen (secondary N) is 1. The first-order valence-corrected chi connectivity index (χ1v) is 12.2. The minimum Gasteiger partial charge on any atom is -0.383 e. The number of benzene rings is 2. The van der Waals surface area contributed by atoms with Crippen LogP contribution < -0.4 is 5.32 Å². The lowest BCUT2D eigenvalue weighted by molar-refractivity contribution is 0.0910. The van der Waals surface area contributed by atoms with Gasteiger partial charge < -0.3 is 14.6 Å². The van der Waals surface area contributed by atoms with E-state index in [2.05, 4.69) is 5.32 Å². The number of amides is 1. The summed E-state index contributed by atoms with van der Waals surface area (Å²) in [6.07, 6.45) is 5.46. The van der Waals surface area contributed by atoms with Crippen molar-refractivity contribution < 1.29 is 9.53 Å². The summed E-state index contributed by atoms with van der Waals surface area (Å²) in [5.74, 6) is 0.146. The van der Waals surface area contributed by atoms with Crippen LogP contribution in [0.15, 0.2) is 42.5 Å². The Morgan fingerprint density at radius 2 is 1.76 bits per heavy atom. The molecule has 1 heterocycles. The quantitative estimate of drug-likeness (QED) is 0.380. The van der Waals surface area contributed by atoms with Gasteiger partial charge in [-0.3, -0.25) is 4.79 Å². The molecule has 1 saturated carbocycles. The van der Waals surface area contributed by atoms with Crippen molar-refractivity contribution in [2.75, 3.05) is 13.7 Å². The van der Waals surface area contributed by atoms with Gasteiger partial charge in [-0.05, 0) is 43.2 Å². The molecule has 1 aliphatic carbocycles. The van der Waals surface area contributed by atoms with Gasteiger partial charge in [0.25, 0.3) is 5.91 Å². The minimum absolute atomic E-state index is 0.167. The predicted octanol–water partition coefficient (Wildman–Crippen LogP) is 6.89. The van der Waals surface area contributed by atoms with Gasteiger partial charge in [-0.2, -0.15) is 0 Å². The topological polar surface area (TPSA) is 56.1 Å². The Bertz CT molecular complexity index is 1120. The Morgan fingerprint density at radius 1 is 1.06 bits per heavy atom. The van der Waals surface area contributed by atoms with Gasteiger partial charge in [-0.25, -0.2) is 4.98 Å². The third kappa shape index (κ3) is 5.55. The van der Waals surface area contributed by atoms with Crippen molar-refractivity contribution in [1.29, 1.82) is 0 Å². The van der Waals surface area contributed by atoms with E-state index in [1.165, 1.54) is 6.42 Å². The van der Waals surface area contributed by atoms with E-state index < -0.39 is 0 Å². The van der Waals surface area contributed by atoms with Gasteiger partial charge in [0.2, 0.25) is 0 Å². The molecule has 0 aliphatic heterocycles. The summed E-state index contributed by atoms with van der Waals surface area (Å²) in [7, 11) is 1.64. The molecule has 0 radical (unpaired) electrons. The molecule has 2 aromatic carbocycles. The number of halogens is 3. The van der Waals surface area contributed by atoms with Gasteiger partial charge in [0.15, 0.2) is 5.82 Å². The van der Waals surface area contributed by atoms with Crippen LogP contribution >= 0.6 is 34.8 Å². The number of methoxy groups -OCH3 is 1. The van der Waals surface area contributed by atoms with Crippen LogP contribution in [0.1, 0.15) is 42.7 Å². The molecule has 0 spiro atoms. The van der Waals surface area contributed by atoms with Gasteiger partial charge in [-0.1, -0.05) is 66.2 Å². The van der Waals surface area contributed by atoms with Crippen molar-refractivity contribution >= 4 is 40.7 Å². The lowest BCUT2D eigenvalue weighted by Gasteiger charge is -2.22. The molecule has 0 bridgehead atoms. The van der Waals surface area contributed by atoms with Crippen molar-refractivity contribution in [2.45, 2.75) is 44.7 Å². The number of imidazole rings is 1. The molecule has 174 valence electrons. The van der Waals surface area contributed by atoms with Crippen LogP contribution in [0.5, 0.6) is 0 Å². The van der Waals surface area contributed by atoms with Crippen LogP contribution in [0.2, 0.25) is 15.1 Å². The van der Waals surface area contributed by atoms with Crippen molar-refractivity contribution in [3.63, 3.8) is 0 Å². The predicted molar refractivity (Wildman–Crippen MR) is 134 cm³/mol. The highest BCUT2D eigenvalue weighted by molar-refractivity contribution is 6.36. The summed E-state index contributed by atoms with van der Waals surface area (Å²) in [4.78, 5) is 18.2. The van der Waals surface area contributed by atoms with Gasteiger partial charge >= 0.3 is 0 Å². The summed E-state index contributed by atoms with van der Waals surface area (Å²) in [6, 6.07) is 12.9. The van der Waals surface area contributed by atoms with E-state index in [4.69, 9.17) is 44.5 Å². The summed E-state index contributed by atoms with van der Waals surface area (Å²) in [6.45, 7) is 0.883. The maximum absolute atomic E-state index is 13.4. The summed E-state index contributed by atoms with van der Waals surface area (Å²) in [5.41, 5.74) is 2.97. The number of hydrogen-bond donors (Lipinski definition) is 1. The van der Waals surface area contributed by atoms with Crippen LogP contribution in [-0.2, 0) is 11.3 Å². The monoisotopic (exact) mass is 505 g/mol. The first kappa shape index (κ1) is 24.1. The zero-order valence-electron chi connectivity index (χ0n) is 18.4. The van der Waals surface area contributed by atoms with E-state index in [0.29, 0.717) is 45.3 Å². The second-order valence-electron chi connectivity index (χ2n) is 8.22. The Labute approximate surface area is 209 Å². The van der Waals surface area contributed by atoms with Crippen molar-refractivity contribution in [3.05, 3.63) is 63.4 Å². The third-order valence-corrected chi connectivity index (χ3v) is 6.73. The lowest BCUT2D eigenvalue weighted by atomic mass is 9.95. The smallest absolute Gasteiger partial charge is 0.287 e. The maximum atomic E-state index is 13.4. The van der Waals surface area contributed by atoms with Crippen molar-refractivity contribution in [2.24, 2.45) is 0 Å². The zero-order chi connectivity index (χ0) is 23.4. The first-order valence-electron chi connectivity index (χ1n) is 11.1.